The van der Waals surface area contributed by atoms with E-state index < -0.39 is 18.5 Å². The van der Waals surface area contributed by atoms with Gasteiger partial charge in [0.2, 0.25) is 0 Å². The summed E-state index contributed by atoms with van der Waals surface area (Å²) in [6.45, 7) is 4.70. The van der Waals surface area contributed by atoms with Gasteiger partial charge >= 0.3 is 0 Å². The molecule has 1 saturated heterocycles. The molecule has 2 N–H and O–H groups in total. The monoisotopic (exact) mass is 266 g/mol. The number of ether oxygens (including phenoxy) is 2. The van der Waals surface area contributed by atoms with Crippen molar-refractivity contribution in [2.24, 2.45) is 11.8 Å². The van der Waals surface area contributed by atoms with Crippen molar-refractivity contribution in [2.75, 3.05) is 6.61 Å². The maximum absolute atomic E-state index is 10.1. The molecule has 2 rings (SSSR count). The first kappa shape index (κ1) is 14.5. The Morgan fingerprint density at radius 1 is 1.21 bits per heavy atom. The van der Waals surface area contributed by atoms with Crippen LogP contribution in [-0.4, -0.2) is 35.3 Å². The van der Waals surface area contributed by atoms with E-state index in [0.29, 0.717) is 6.61 Å². The van der Waals surface area contributed by atoms with Crippen LogP contribution in [0.4, 0.5) is 0 Å². The average Bonchev–Trinajstić information content (AvgIpc) is 2.66. The summed E-state index contributed by atoms with van der Waals surface area (Å²) < 4.78 is 10.9. The van der Waals surface area contributed by atoms with E-state index in [9.17, 15) is 10.2 Å². The Labute approximate surface area is 114 Å². The van der Waals surface area contributed by atoms with Crippen LogP contribution in [0.5, 0.6) is 0 Å². The molecule has 0 bridgehead atoms. The van der Waals surface area contributed by atoms with Gasteiger partial charge in [-0.3, -0.25) is 0 Å². The average molecular weight is 266 g/mol. The van der Waals surface area contributed by atoms with Gasteiger partial charge in [0.05, 0.1) is 19.3 Å². The normalized spacial score (nSPS) is 31.0. The molecule has 0 radical (unpaired) electrons. The van der Waals surface area contributed by atoms with Crippen LogP contribution in [0.15, 0.2) is 30.3 Å². The molecular formula is C15H22O4. The Balaban J connectivity index is 1.81. The first-order valence-electron chi connectivity index (χ1n) is 6.73. The van der Waals surface area contributed by atoms with E-state index in [1.54, 1.807) is 0 Å². The second kappa shape index (κ2) is 6.48. The highest BCUT2D eigenvalue weighted by atomic mass is 16.6. The third-order valence-electron chi connectivity index (χ3n) is 3.58. The van der Waals surface area contributed by atoms with Crippen LogP contribution >= 0.6 is 0 Å². The molecule has 1 aromatic carbocycles. The Kier molecular flexibility index (Phi) is 4.93. The van der Waals surface area contributed by atoms with E-state index >= 15 is 0 Å². The second-order valence-corrected chi connectivity index (χ2v) is 5.38. The van der Waals surface area contributed by atoms with Gasteiger partial charge in [-0.2, -0.15) is 0 Å². The summed E-state index contributed by atoms with van der Waals surface area (Å²) in [4.78, 5) is 0. The van der Waals surface area contributed by atoms with Crippen LogP contribution in [-0.2, 0) is 16.1 Å². The fourth-order valence-electron chi connectivity index (χ4n) is 2.50. The van der Waals surface area contributed by atoms with Crippen molar-refractivity contribution in [1.82, 2.24) is 0 Å². The first-order chi connectivity index (χ1) is 9.09. The fraction of sp³-hybridized carbons (Fsp3) is 0.600. The van der Waals surface area contributed by atoms with Gasteiger partial charge in [0.15, 0.2) is 6.29 Å². The zero-order chi connectivity index (χ0) is 13.8. The molecule has 4 nitrogen and oxygen atoms in total. The lowest BCUT2D eigenvalue weighted by Crippen LogP contribution is -2.33. The van der Waals surface area contributed by atoms with Gasteiger partial charge in [0.1, 0.15) is 6.10 Å². The summed E-state index contributed by atoms with van der Waals surface area (Å²) in [5.41, 5.74) is 1.08. The molecule has 0 aromatic heterocycles. The van der Waals surface area contributed by atoms with Crippen LogP contribution in [0.1, 0.15) is 19.4 Å². The van der Waals surface area contributed by atoms with E-state index in [1.807, 2.05) is 44.2 Å². The standard InChI is InChI=1S/C15H22O4/c1-10(2)13-14(16)12(19-15(13)17)9-18-8-11-6-4-3-5-7-11/h3-7,10,12-17H,8-9H2,1-2H3/t12-,13+,14-,15-/m1/s1. The van der Waals surface area contributed by atoms with Crippen LogP contribution in [0.3, 0.4) is 0 Å². The van der Waals surface area contributed by atoms with Gasteiger partial charge < -0.3 is 19.7 Å². The second-order valence-electron chi connectivity index (χ2n) is 5.38. The van der Waals surface area contributed by atoms with Gasteiger partial charge in [-0.25, -0.2) is 0 Å². The van der Waals surface area contributed by atoms with E-state index in [1.165, 1.54) is 0 Å². The van der Waals surface area contributed by atoms with Gasteiger partial charge in [-0.05, 0) is 11.5 Å². The van der Waals surface area contributed by atoms with Crippen LogP contribution in [0.2, 0.25) is 0 Å². The fourth-order valence-corrected chi connectivity index (χ4v) is 2.50. The molecule has 4 atom stereocenters. The lowest BCUT2D eigenvalue weighted by Gasteiger charge is -2.20. The minimum Gasteiger partial charge on any atom is -0.390 e. The molecule has 0 amide bonds. The van der Waals surface area contributed by atoms with E-state index in [2.05, 4.69) is 0 Å². The number of benzene rings is 1. The predicted molar refractivity (Wildman–Crippen MR) is 71.3 cm³/mol. The Bertz CT molecular complexity index is 379. The summed E-state index contributed by atoms with van der Waals surface area (Å²) in [5, 5.41) is 19.9. The summed E-state index contributed by atoms with van der Waals surface area (Å²) in [7, 11) is 0. The predicted octanol–water partition coefficient (Wildman–Crippen LogP) is 1.55. The van der Waals surface area contributed by atoms with Crippen LogP contribution in [0, 0.1) is 11.8 Å². The van der Waals surface area contributed by atoms with Gasteiger partial charge in [-0.15, -0.1) is 0 Å². The number of aliphatic hydroxyl groups excluding tert-OH is 2. The SMILES string of the molecule is CC(C)[C@H]1[C@H](O)[C@@H](COCc2ccccc2)O[C@H]1O. The lowest BCUT2D eigenvalue weighted by atomic mass is 9.89. The lowest BCUT2D eigenvalue weighted by molar-refractivity contribution is -0.129. The molecule has 1 aliphatic heterocycles. The first-order valence-corrected chi connectivity index (χ1v) is 6.73. The molecule has 1 aliphatic rings. The summed E-state index contributed by atoms with van der Waals surface area (Å²) in [6.07, 6.45) is -2.03. The summed E-state index contributed by atoms with van der Waals surface area (Å²) >= 11 is 0. The van der Waals surface area contributed by atoms with Crippen LogP contribution < -0.4 is 0 Å². The zero-order valence-electron chi connectivity index (χ0n) is 11.4. The summed E-state index contributed by atoms with van der Waals surface area (Å²) in [5.74, 6) is -0.0746. The smallest absolute Gasteiger partial charge is 0.160 e. The van der Waals surface area contributed by atoms with Crippen LogP contribution in [0.25, 0.3) is 0 Å². The molecule has 0 aliphatic carbocycles. The molecule has 19 heavy (non-hydrogen) atoms. The third kappa shape index (κ3) is 3.54. The van der Waals surface area contributed by atoms with Gasteiger partial charge in [-0.1, -0.05) is 44.2 Å². The van der Waals surface area contributed by atoms with E-state index in [-0.39, 0.29) is 18.4 Å². The van der Waals surface area contributed by atoms with Crippen molar-refractivity contribution in [3.05, 3.63) is 35.9 Å². The minimum absolute atomic E-state index is 0.170. The molecule has 106 valence electrons. The number of rotatable bonds is 5. The molecule has 4 heteroatoms. The highest BCUT2D eigenvalue weighted by molar-refractivity contribution is 5.13. The Hall–Kier alpha value is -0.940. The van der Waals surface area contributed by atoms with E-state index in [4.69, 9.17) is 9.47 Å². The molecule has 0 unspecified atom stereocenters. The maximum atomic E-state index is 10.1. The van der Waals surface area contributed by atoms with Crippen molar-refractivity contribution in [2.45, 2.75) is 39.0 Å². The Morgan fingerprint density at radius 2 is 1.89 bits per heavy atom. The molecule has 0 saturated carbocycles. The van der Waals surface area contributed by atoms with Crippen molar-refractivity contribution in [3.63, 3.8) is 0 Å². The van der Waals surface area contributed by atoms with Crippen molar-refractivity contribution in [3.8, 4) is 0 Å². The number of hydrogen-bond donors (Lipinski definition) is 2. The van der Waals surface area contributed by atoms with Crippen molar-refractivity contribution in [1.29, 1.82) is 0 Å². The van der Waals surface area contributed by atoms with E-state index in [0.717, 1.165) is 5.56 Å². The maximum Gasteiger partial charge on any atom is 0.160 e. The molecule has 1 aromatic rings. The topological polar surface area (TPSA) is 58.9 Å². The molecule has 0 spiro atoms. The molecular weight excluding hydrogens is 244 g/mol. The zero-order valence-corrected chi connectivity index (χ0v) is 11.4. The quantitative estimate of drug-likeness (QED) is 0.849. The number of hydrogen-bond acceptors (Lipinski definition) is 4. The molecule has 1 fully saturated rings. The van der Waals surface area contributed by atoms with Crippen molar-refractivity contribution >= 4 is 0 Å². The minimum atomic E-state index is -0.902. The highest BCUT2D eigenvalue weighted by Crippen LogP contribution is 2.31. The third-order valence-corrected chi connectivity index (χ3v) is 3.58. The number of aliphatic hydroxyl groups is 2. The highest BCUT2D eigenvalue weighted by Gasteiger charge is 2.44. The van der Waals surface area contributed by atoms with Gasteiger partial charge in [0, 0.05) is 5.92 Å². The van der Waals surface area contributed by atoms with Crippen molar-refractivity contribution < 1.29 is 19.7 Å². The molecule has 1 heterocycles. The largest absolute Gasteiger partial charge is 0.390 e. The van der Waals surface area contributed by atoms with Gasteiger partial charge in [0.25, 0.3) is 0 Å². The Morgan fingerprint density at radius 3 is 2.47 bits per heavy atom. The summed E-state index contributed by atoms with van der Waals surface area (Å²) in [6, 6.07) is 9.84.